The molecule has 2 heterocycles. The van der Waals surface area contributed by atoms with Crippen molar-refractivity contribution in [2.75, 3.05) is 13.1 Å². The van der Waals surface area contributed by atoms with E-state index in [1.165, 1.54) is 12.1 Å². The molecular weight excluding hydrogens is 429 g/mol. The number of para-hydroxylation sites is 1. The van der Waals surface area contributed by atoms with Gasteiger partial charge in [-0.15, -0.1) is 0 Å². The summed E-state index contributed by atoms with van der Waals surface area (Å²) in [7, 11) is 0. The SMILES string of the molecule is O=C(c1cccc(COc2ccccc2)c1)N1CCC[C@H](c2cc(-c3ccc(F)cc3)n[nH]2)C1. The highest BCUT2D eigenvalue weighted by atomic mass is 19.1. The van der Waals surface area contributed by atoms with E-state index in [0.29, 0.717) is 18.7 Å². The van der Waals surface area contributed by atoms with E-state index in [-0.39, 0.29) is 17.6 Å². The standard InChI is InChI=1S/C28H26FN3O2/c29-24-13-11-21(12-14-24)26-17-27(31-30-26)23-8-5-15-32(18-23)28(33)22-7-4-6-20(16-22)19-34-25-9-2-1-3-10-25/h1-4,6-7,9-14,16-17,23H,5,8,15,18-19H2,(H,30,31)/t23-/m0/s1. The molecule has 1 aliphatic rings. The third-order valence-electron chi connectivity index (χ3n) is 6.21. The molecule has 1 N–H and O–H groups in total. The van der Waals surface area contributed by atoms with Crippen molar-refractivity contribution < 1.29 is 13.9 Å². The van der Waals surface area contributed by atoms with Crippen LogP contribution in [0, 0.1) is 5.82 Å². The van der Waals surface area contributed by atoms with Gasteiger partial charge in [0.15, 0.2) is 0 Å². The number of aromatic nitrogens is 2. The van der Waals surface area contributed by atoms with E-state index in [2.05, 4.69) is 10.2 Å². The molecule has 0 unspecified atom stereocenters. The molecule has 3 aromatic carbocycles. The van der Waals surface area contributed by atoms with E-state index in [1.54, 1.807) is 12.1 Å². The number of benzene rings is 3. The number of hydrogen-bond acceptors (Lipinski definition) is 3. The van der Waals surface area contributed by atoms with Crippen molar-refractivity contribution in [2.24, 2.45) is 0 Å². The molecule has 5 rings (SSSR count). The quantitative estimate of drug-likeness (QED) is 0.399. The number of rotatable bonds is 6. The first-order valence-corrected chi connectivity index (χ1v) is 11.5. The van der Waals surface area contributed by atoms with Gasteiger partial charge < -0.3 is 9.64 Å². The predicted molar refractivity (Wildman–Crippen MR) is 129 cm³/mol. The van der Waals surface area contributed by atoms with Crippen LogP contribution in [0.25, 0.3) is 11.3 Å². The number of nitrogens with one attached hydrogen (secondary N) is 1. The smallest absolute Gasteiger partial charge is 0.253 e. The molecule has 0 bridgehead atoms. The normalized spacial score (nSPS) is 15.8. The van der Waals surface area contributed by atoms with Crippen LogP contribution in [0.2, 0.25) is 0 Å². The van der Waals surface area contributed by atoms with Crippen LogP contribution in [-0.4, -0.2) is 34.1 Å². The summed E-state index contributed by atoms with van der Waals surface area (Å²) in [4.78, 5) is 15.2. The van der Waals surface area contributed by atoms with Gasteiger partial charge >= 0.3 is 0 Å². The third kappa shape index (κ3) is 5.01. The molecule has 0 saturated carbocycles. The number of carbonyl (C=O) groups excluding carboxylic acids is 1. The van der Waals surface area contributed by atoms with Gasteiger partial charge in [0.05, 0.1) is 5.69 Å². The highest BCUT2D eigenvalue weighted by molar-refractivity contribution is 5.94. The Labute approximate surface area is 198 Å². The van der Waals surface area contributed by atoms with Crippen LogP contribution in [0.15, 0.2) is 84.9 Å². The van der Waals surface area contributed by atoms with Gasteiger partial charge in [-0.1, -0.05) is 30.3 Å². The molecule has 1 atom stereocenters. The highest BCUT2D eigenvalue weighted by Gasteiger charge is 2.27. The molecule has 0 spiro atoms. The van der Waals surface area contributed by atoms with E-state index in [9.17, 15) is 9.18 Å². The minimum atomic E-state index is -0.267. The maximum atomic E-state index is 13.3. The van der Waals surface area contributed by atoms with Crippen molar-refractivity contribution in [3.05, 3.63) is 108 Å². The van der Waals surface area contributed by atoms with E-state index in [1.807, 2.05) is 65.6 Å². The monoisotopic (exact) mass is 455 g/mol. The van der Waals surface area contributed by atoms with Crippen molar-refractivity contribution in [3.8, 4) is 17.0 Å². The van der Waals surface area contributed by atoms with Crippen molar-refractivity contribution in [1.82, 2.24) is 15.1 Å². The zero-order chi connectivity index (χ0) is 23.3. The summed E-state index contributed by atoms with van der Waals surface area (Å²) in [5, 5.41) is 7.54. The lowest BCUT2D eigenvalue weighted by Crippen LogP contribution is -2.39. The van der Waals surface area contributed by atoms with Crippen molar-refractivity contribution >= 4 is 5.91 Å². The Balaban J connectivity index is 1.25. The largest absolute Gasteiger partial charge is 0.489 e. The van der Waals surface area contributed by atoms with E-state index < -0.39 is 0 Å². The van der Waals surface area contributed by atoms with Crippen LogP contribution >= 0.6 is 0 Å². The van der Waals surface area contributed by atoms with Crippen LogP contribution < -0.4 is 4.74 Å². The molecule has 172 valence electrons. The fraction of sp³-hybridized carbons (Fsp3) is 0.214. The summed E-state index contributed by atoms with van der Waals surface area (Å²) in [5.41, 5.74) is 4.28. The first-order chi connectivity index (χ1) is 16.7. The minimum absolute atomic E-state index is 0.0320. The number of aromatic amines is 1. The first-order valence-electron chi connectivity index (χ1n) is 11.5. The Hall–Kier alpha value is -3.93. The van der Waals surface area contributed by atoms with Gasteiger partial charge in [-0.25, -0.2) is 4.39 Å². The number of nitrogens with zero attached hydrogens (tertiary/aromatic N) is 2. The summed E-state index contributed by atoms with van der Waals surface area (Å²) in [5.74, 6) is 0.753. The molecule has 6 heteroatoms. The Kier molecular flexibility index (Phi) is 6.38. The lowest BCUT2D eigenvalue weighted by molar-refractivity contribution is 0.0705. The van der Waals surface area contributed by atoms with E-state index in [0.717, 1.165) is 47.7 Å². The third-order valence-corrected chi connectivity index (χ3v) is 6.21. The lowest BCUT2D eigenvalue weighted by Gasteiger charge is -2.32. The van der Waals surface area contributed by atoms with E-state index >= 15 is 0 Å². The fourth-order valence-corrected chi connectivity index (χ4v) is 4.39. The maximum absolute atomic E-state index is 13.3. The topological polar surface area (TPSA) is 58.2 Å². The highest BCUT2D eigenvalue weighted by Crippen LogP contribution is 2.29. The molecule has 1 amide bonds. The number of carbonyl (C=O) groups is 1. The summed E-state index contributed by atoms with van der Waals surface area (Å²) < 4.78 is 19.1. The fourth-order valence-electron chi connectivity index (χ4n) is 4.39. The number of piperidine rings is 1. The lowest BCUT2D eigenvalue weighted by atomic mass is 9.93. The Morgan fingerprint density at radius 1 is 1.03 bits per heavy atom. The zero-order valence-electron chi connectivity index (χ0n) is 18.8. The summed E-state index contributed by atoms with van der Waals surface area (Å²) in [6.45, 7) is 1.78. The summed E-state index contributed by atoms with van der Waals surface area (Å²) in [6, 6.07) is 25.6. The number of H-pyrrole nitrogens is 1. The second kappa shape index (κ2) is 9.91. The molecule has 1 fully saturated rings. The Bertz CT molecular complexity index is 1250. The van der Waals surface area contributed by atoms with Crippen LogP contribution in [0.3, 0.4) is 0 Å². The first kappa shape index (κ1) is 21.9. The van der Waals surface area contributed by atoms with Gasteiger partial charge in [0.1, 0.15) is 18.2 Å². The van der Waals surface area contributed by atoms with Gasteiger partial charge in [0.2, 0.25) is 0 Å². The Morgan fingerprint density at radius 3 is 2.68 bits per heavy atom. The number of hydrogen-bond donors (Lipinski definition) is 1. The van der Waals surface area contributed by atoms with E-state index in [4.69, 9.17) is 4.74 Å². The van der Waals surface area contributed by atoms with Crippen LogP contribution in [0.5, 0.6) is 5.75 Å². The average Bonchev–Trinajstić information content (AvgIpc) is 3.39. The van der Waals surface area contributed by atoms with Gasteiger partial charge in [0, 0.05) is 35.8 Å². The van der Waals surface area contributed by atoms with Gasteiger partial charge in [0.25, 0.3) is 5.91 Å². The molecule has 1 aromatic heterocycles. The summed E-state index contributed by atoms with van der Waals surface area (Å²) >= 11 is 0. The molecule has 1 saturated heterocycles. The van der Waals surface area contributed by atoms with Crippen molar-refractivity contribution in [1.29, 1.82) is 0 Å². The second-order valence-corrected chi connectivity index (χ2v) is 8.61. The molecule has 0 radical (unpaired) electrons. The zero-order valence-corrected chi connectivity index (χ0v) is 18.8. The Morgan fingerprint density at radius 2 is 1.85 bits per heavy atom. The molecule has 4 aromatic rings. The number of ether oxygens (including phenoxy) is 1. The van der Waals surface area contributed by atoms with Crippen LogP contribution in [0.4, 0.5) is 4.39 Å². The molecule has 5 nitrogen and oxygen atoms in total. The predicted octanol–water partition coefficient (Wildman–Crippen LogP) is 5.81. The second-order valence-electron chi connectivity index (χ2n) is 8.61. The van der Waals surface area contributed by atoms with Crippen LogP contribution in [-0.2, 0) is 6.61 Å². The van der Waals surface area contributed by atoms with Gasteiger partial charge in [-0.3, -0.25) is 9.89 Å². The number of amides is 1. The molecule has 0 aliphatic carbocycles. The average molecular weight is 456 g/mol. The molecule has 34 heavy (non-hydrogen) atoms. The number of likely N-dealkylation sites (tertiary alicyclic amines) is 1. The van der Waals surface area contributed by atoms with Crippen LogP contribution in [0.1, 0.15) is 40.4 Å². The van der Waals surface area contributed by atoms with Gasteiger partial charge in [-0.05, 0) is 73.0 Å². The number of halogens is 1. The van der Waals surface area contributed by atoms with Crippen molar-refractivity contribution in [3.63, 3.8) is 0 Å². The van der Waals surface area contributed by atoms with Crippen molar-refractivity contribution in [2.45, 2.75) is 25.4 Å². The van der Waals surface area contributed by atoms with Gasteiger partial charge in [-0.2, -0.15) is 5.10 Å². The maximum Gasteiger partial charge on any atom is 0.253 e. The minimum Gasteiger partial charge on any atom is -0.489 e. The summed E-state index contributed by atoms with van der Waals surface area (Å²) in [6.07, 6.45) is 1.91. The molecule has 1 aliphatic heterocycles. The molecular formula is C28H26FN3O2.